The number of carbonyl (C=O) groups is 4. The number of hydrogen-bond donors (Lipinski definition) is 3. The van der Waals surface area contributed by atoms with Gasteiger partial charge < -0.3 is 33.8 Å². The summed E-state index contributed by atoms with van der Waals surface area (Å²) in [6, 6.07) is 0. The summed E-state index contributed by atoms with van der Waals surface area (Å²) in [4.78, 5) is 72.5. The van der Waals surface area contributed by atoms with Gasteiger partial charge in [-0.2, -0.15) is 0 Å². The molecule has 0 aromatic carbocycles. The Bertz CT molecular complexity index is 1740. The lowest BCUT2D eigenvalue weighted by Gasteiger charge is -2.21. The molecule has 0 aliphatic rings. The van der Waals surface area contributed by atoms with E-state index in [1.165, 1.54) is 148 Å². The lowest BCUT2D eigenvalue weighted by molar-refractivity contribution is -0.161. The Morgan fingerprint density at radius 2 is 0.580 bits per heavy atom. The molecular weight excluding hydrogens is 1160 g/mol. The van der Waals surface area contributed by atoms with Crippen LogP contribution in [0.2, 0.25) is 0 Å². The Morgan fingerprint density at radius 1 is 0.330 bits per heavy atom. The Labute approximate surface area is 537 Å². The van der Waals surface area contributed by atoms with Crippen LogP contribution in [0.1, 0.15) is 344 Å². The van der Waals surface area contributed by atoms with Crippen molar-refractivity contribution in [1.29, 1.82) is 0 Å². The van der Waals surface area contributed by atoms with Gasteiger partial charge >= 0.3 is 39.5 Å². The van der Waals surface area contributed by atoms with Crippen LogP contribution in [-0.4, -0.2) is 96.7 Å². The molecule has 522 valence electrons. The Morgan fingerprint density at radius 3 is 0.864 bits per heavy atom. The van der Waals surface area contributed by atoms with Crippen molar-refractivity contribution in [2.75, 3.05) is 39.6 Å². The molecule has 0 bridgehead atoms. The summed E-state index contributed by atoms with van der Waals surface area (Å²) < 4.78 is 68.2. The van der Waals surface area contributed by atoms with Gasteiger partial charge in [0.1, 0.15) is 19.3 Å². The monoisotopic (exact) mass is 1300 g/mol. The zero-order valence-corrected chi connectivity index (χ0v) is 59.0. The molecule has 0 aromatic heterocycles. The molecule has 0 rings (SSSR count). The van der Waals surface area contributed by atoms with Gasteiger partial charge in [-0.1, -0.05) is 292 Å². The van der Waals surface area contributed by atoms with Gasteiger partial charge in [-0.25, -0.2) is 9.13 Å². The van der Waals surface area contributed by atoms with E-state index in [0.717, 1.165) is 108 Å². The average Bonchev–Trinajstić information content (AvgIpc) is 3.60. The second kappa shape index (κ2) is 60.0. The molecule has 0 spiro atoms. The number of aliphatic hydroxyl groups excluding tert-OH is 1. The highest BCUT2D eigenvalue weighted by Crippen LogP contribution is 2.45. The van der Waals surface area contributed by atoms with Crippen molar-refractivity contribution < 1.29 is 80.2 Å². The van der Waals surface area contributed by atoms with Gasteiger partial charge in [0, 0.05) is 25.7 Å². The minimum Gasteiger partial charge on any atom is -0.462 e. The van der Waals surface area contributed by atoms with E-state index < -0.39 is 97.5 Å². The lowest BCUT2D eigenvalue weighted by Crippen LogP contribution is -2.30. The van der Waals surface area contributed by atoms with Gasteiger partial charge in [-0.05, 0) is 43.4 Å². The smallest absolute Gasteiger partial charge is 0.462 e. The SMILES string of the molecule is CCCCCCCCCCCCCCCCC(=O)O[C@H](COC(=O)CCCCCCCCCCC(C)CC)COP(=O)(O)OC[C@@H](O)COP(=O)(O)OC[C@@H](COC(=O)CCCCCCCCCC(C)C)OC(=O)CCCCCCCCCCC(C)CC. The predicted octanol–water partition coefficient (Wildman–Crippen LogP) is 19.5. The third-order valence-electron chi connectivity index (χ3n) is 16.6. The van der Waals surface area contributed by atoms with Crippen LogP contribution in [0, 0.1) is 17.8 Å². The highest BCUT2D eigenvalue weighted by atomic mass is 31.2. The van der Waals surface area contributed by atoms with Gasteiger partial charge in [-0.15, -0.1) is 0 Å². The van der Waals surface area contributed by atoms with Crippen molar-refractivity contribution in [1.82, 2.24) is 0 Å². The van der Waals surface area contributed by atoms with Gasteiger partial charge in [0.2, 0.25) is 0 Å². The number of hydrogen-bond acceptors (Lipinski definition) is 15. The van der Waals surface area contributed by atoms with E-state index in [0.29, 0.717) is 31.6 Å². The minimum absolute atomic E-state index is 0.104. The maximum absolute atomic E-state index is 13.0. The molecule has 0 aliphatic heterocycles. The number of phosphoric acid groups is 2. The largest absolute Gasteiger partial charge is 0.472 e. The average molecular weight is 1300 g/mol. The van der Waals surface area contributed by atoms with E-state index in [-0.39, 0.29) is 25.7 Å². The number of esters is 4. The molecule has 0 aliphatic carbocycles. The number of carbonyl (C=O) groups excluding carboxylic acids is 4. The third kappa shape index (κ3) is 60.3. The highest BCUT2D eigenvalue weighted by Gasteiger charge is 2.30. The summed E-state index contributed by atoms with van der Waals surface area (Å²) in [5.41, 5.74) is 0. The summed E-state index contributed by atoms with van der Waals surface area (Å²) in [5.74, 6) is 0.123. The summed E-state index contributed by atoms with van der Waals surface area (Å²) in [6.07, 6.45) is 43.0. The van der Waals surface area contributed by atoms with Crippen LogP contribution >= 0.6 is 15.6 Å². The zero-order chi connectivity index (χ0) is 65.2. The molecule has 0 aromatic rings. The maximum atomic E-state index is 13.0. The van der Waals surface area contributed by atoms with Crippen LogP contribution in [0.5, 0.6) is 0 Å². The van der Waals surface area contributed by atoms with Crippen LogP contribution in [0.15, 0.2) is 0 Å². The Kier molecular flexibility index (Phi) is 58.7. The summed E-state index contributed by atoms with van der Waals surface area (Å²) in [7, 11) is -9.90. The first-order valence-corrected chi connectivity index (χ1v) is 38.9. The van der Waals surface area contributed by atoms with Crippen LogP contribution in [0.25, 0.3) is 0 Å². The van der Waals surface area contributed by atoms with E-state index in [4.69, 9.17) is 37.0 Å². The molecule has 3 N–H and O–H groups in total. The Balaban J connectivity index is 5.27. The van der Waals surface area contributed by atoms with E-state index >= 15 is 0 Å². The van der Waals surface area contributed by atoms with Crippen molar-refractivity contribution in [3.8, 4) is 0 Å². The standard InChI is InChI=1S/C69H134O17P2/c1-8-11-12-13-14-15-16-17-18-19-20-30-38-45-52-68(73)85-64(56-79-66(71)50-43-36-29-23-21-27-34-41-48-61(6)9-2)58-83-87(75,76)81-54-63(70)55-82-88(77,78)84-59-65(57-80-67(72)51-44-37-32-25-26-33-40-47-60(4)5)86-69(74)53-46-39-31-24-22-28-35-42-49-62(7)10-3/h60-65,70H,8-59H2,1-7H3,(H,75,76)(H,77,78)/t61?,62?,63-,64-,65-/m1/s1. The van der Waals surface area contributed by atoms with Crippen molar-refractivity contribution in [3.05, 3.63) is 0 Å². The molecule has 4 unspecified atom stereocenters. The van der Waals surface area contributed by atoms with E-state index in [1.807, 2.05) is 0 Å². The van der Waals surface area contributed by atoms with Gasteiger partial charge in [0.15, 0.2) is 12.2 Å². The first-order valence-electron chi connectivity index (χ1n) is 35.9. The molecular formula is C69H134O17P2. The lowest BCUT2D eigenvalue weighted by atomic mass is 9.99. The predicted molar refractivity (Wildman–Crippen MR) is 354 cm³/mol. The third-order valence-corrected chi connectivity index (χ3v) is 18.5. The highest BCUT2D eigenvalue weighted by molar-refractivity contribution is 7.47. The molecule has 0 radical (unpaired) electrons. The Hall–Kier alpha value is -1.94. The first-order chi connectivity index (χ1) is 42.3. The van der Waals surface area contributed by atoms with Crippen LogP contribution < -0.4 is 0 Å². The molecule has 19 heteroatoms. The molecule has 0 heterocycles. The summed E-state index contributed by atoms with van der Waals surface area (Å²) in [5, 5.41) is 10.6. The minimum atomic E-state index is -4.95. The second-order valence-corrected chi connectivity index (χ2v) is 28.8. The molecule has 0 saturated heterocycles. The molecule has 17 nitrogen and oxygen atoms in total. The van der Waals surface area contributed by atoms with Gasteiger partial charge in [0.25, 0.3) is 0 Å². The topological polar surface area (TPSA) is 237 Å². The number of rotatable bonds is 67. The molecule has 88 heavy (non-hydrogen) atoms. The summed E-state index contributed by atoms with van der Waals surface area (Å²) in [6.45, 7) is 11.8. The first kappa shape index (κ1) is 86.1. The number of phosphoric ester groups is 2. The normalized spacial score (nSPS) is 14.9. The van der Waals surface area contributed by atoms with Gasteiger partial charge in [0.05, 0.1) is 26.4 Å². The molecule has 7 atom stereocenters. The maximum Gasteiger partial charge on any atom is 0.472 e. The summed E-state index contributed by atoms with van der Waals surface area (Å²) >= 11 is 0. The van der Waals surface area contributed by atoms with Crippen LogP contribution in [-0.2, 0) is 65.4 Å². The van der Waals surface area contributed by atoms with Crippen LogP contribution in [0.4, 0.5) is 0 Å². The molecule has 0 fully saturated rings. The number of unbranched alkanes of at least 4 members (excludes halogenated alkanes) is 33. The number of ether oxygens (including phenoxy) is 4. The van der Waals surface area contributed by atoms with Crippen molar-refractivity contribution in [3.63, 3.8) is 0 Å². The van der Waals surface area contributed by atoms with Crippen molar-refractivity contribution in [2.45, 2.75) is 362 Å². The van der Waals surface area contributed by atoms with Crippen molar-refractivity contribution in [2.24, 2.45) is 17.8 Å². The fraction of sp³-hybridized carbons (Fsp3) is 0.942. The van der Waals surface area contributed by atoms with E-state index in [2.05, 4.69) is 48.5 Å². The van der Waals surface area contributed by atoms with E-state index in [9.17, 15) is 43.2 Å². The molecule has 0 saturated carbocycles. The zero-order valence-electron chi connectivity index (χ0n) is 57.2. The quantitative estimate of drug-likeness (QED) is 0.0222. The number of aliphatic hydroxyl groups is 1. The molecule has 0 amide bonds. The fourth-order valence-electron chi connectivity index (χ4n) is 10.3. The van der Waals surface area contributed by atoms with Crippen molar-refractivity contribution >= 4 is 39.5 Å². The van der Waals surface area contributed by atoms with Crippen LogP contribution in [0.3, 0.4) is 0 Å². The second-order valence-electron chi connectivity index (χ2n) is 25.9. The van der Waals surface area contributed by atoms with E-state index in [1.54, 1.807) is 0 Å². The van der Waals surface area contributed by atoms with Gasteiger partial charge in [-0.3, -0.25) is 37.3 Å². The fourth-order valence-corrected chi connectivity index (χ4v) is 11.9.